The van der Waals surface area contributed by atoms with Crippen LogP contribution in [0.25, 0.3) is 6.08 Å². The highest BCUT2D eigenvalue weighted by atomic mass is 16.6. The molecule has 9 heteroatoms. The molecule has 0 aromatic heterocycles. The standard InChI is InChI=1S/C14H15N3O6/c1-9(13(19)16-14(20)15-2)23-12(18)7-6-10-4-3-5-11(8-10)17(21)22/h3-9H,1-2H3,(H2,15,16,19,20)/b7-6+/t9-/m0/s1. The van der Waals surface area contributed by atoms with Crippen molar-refractivity contribution in [3.05, 3.63) is 46.0 Å². The van der Waals surface area contributed by atoms with Gasteiger partial charge in [0.1, 0.15) is 0 Å². The Morgan fingerprint density at radius 3 is 2.65 bits per heavy atom. The molecule has 0 unspecified atom stereocenters. The Bertz CT molecular complexity index is 656. The number of benzene rings is 1. The van der Waals surface area contributed by atoms with Crippen molar-refractivity contribution >= 4 is 29.7 Å². The largest absolute Gasteiger partial charge is 0.449 e. The van der Waals surface area contributed by atoms with Crippen LogP contribution in [0, 0.1) is 10.1 Å². The fourth-order valence-electron chi connectivity index (χ4n) is 1.45. The number of imide groups is 1. The summed E-state index contributed by atoms with van der Waals surface area (Å²) in [6.45, 7) is 1.30. The van der Waals surface area contributed by atoms with E-state index in [1.165, 1.54) is 38.2 Å². The molecule has 0 bridgehead atoms. The lowest BCUT2D eigenvalue weighted by Crippen LogP contribution is -2.43. The molecule has 1 atom stereocenters. The van der Waals surface area contributed by atoms with Crippen LogP contribution in [0.4, 0.5) is 10.5 Å². The summed E-state index contributed by atoms with van der Waals surface area (Å²) >= 11 is 0. The van der Waals surface area contributed by atoms with E-state index in [1.54, 1.807) is 6.07 Å². The number of amides is 3. The summed E-state index contributed by atoms with van der Waals surface area (Å²) in [7, 11) is 1.33. The van der Waals surface area contributed by atoms with Gasteiger partial charge < -0.3 is 10.1 Å². The monoisotopic (exact) mass is 321 g/mol. The quantitative estimate of drug-likeness (QED) is 0.360. The Labute approximate surface area is 131 Å². The number of ether oxygens (including phenoxy) is 1. The van der Waals surface area contributed by atoms with Crippen molar-refractivity contribution in [3.63, 3.8) is 0 Å². The van der Waals surface area contributed by atoms with E-state index in [0.29, 0.717) is 5.56 Å². The van der Waals surface area contributed by atoms with E-state index in [4.69, 9.17) is 4.74 Å². The Balaban J connectivity index is 2.62. The second-order valence-electron chi connectivity index (χ2n) is 4.33. The third kappa shape index (κ3) is 5.96. The van der Waals surface area contributed by atoms with Gasteiger partial charge in [-0.15, -0.1) is 0 Å². The number of rotatable bonds is 5. The molecule has 122 valence electrons. The maximum absolute atomic E-state index is 11.6. The Morgan fingerprint density at radius 2 is 2.04 bits per heavy atom. The fourth-order valence-corrected chi connectivity index (χ4v) is 1.45. The van der Waals surface area contributed by atoms with Gasteiger partial charge in [-0.1, -0.05) is 12.1 Å². The lowest BCUT2D eigenvalue weighted by Gasteiger charge is -2.11. The molecule has 0 aliphatic heterocycles. The van der Waals surface area contributed by atoms with Gasteiger partial charge in [-0.25, -0.2) is 9.59 Å². The van der Waals surface area contributed by atoms with Crippen molar-refractivity contribution in [2.45, 2.75) is 13.0 Å². The average molecular weight is 321 g/mol. The van der Waals surface area contributed by atoms with Crippen LogP contribution in [-0.2, 0) is 14.3 Å². The minimum absolute atomic E-state index is 0.112. The maximum atomic E-state index is 11.6. The molecule has 0 saturated heterocycles. The van der Waals surface area contributed by atoms with Crippen LogP contribution < -0.4 is 10.6 Å². The molecule has 1 aromatic carbocycles. The molecule has 9 nitrogen and oxygen atoms in total. The number of hydrogen-bond donors (Lipinski definition) is 2. The summed E-state index contributed by atoms with van der Waals surface area (Å²) in [4.78, 5) is 44.1. The number of esters is 1. The Hall–Kier alpha value is -3.23. The minimum Gasteiger partial charge on any atom is -0.449 e. The van der Waals surface area contributed by atoms with Crippen LogP contribution in [0.1, 0.15) is 12.5 Å². The van der Waals surface area contributed by atoms with Crippen LogP contribution >= 0.6 is 0 Å². The highest BCUT2D eigenvalue weighted by Gasteiger charge is 2.18. The molecule has 1 rings (SSSR count). The van der Waals surface area contributed by atoms with E-state index in [1.807, 2.05) is 5.32 Å². The van der Waals surface area contributed by atoms with Gasteiger partial charge in [0.05, 0.1) is 4.92 Å². The van der Waals surface area contributed by atoms with Crippen LogP contribution in [0.5, 0.6) is 0 Å². The molecular weight excluding hydrogens is 306 g/mol. The normalized spacial score (nSPS) is 11.6. The first-order valence-electron chi connectivity index (χ1n) is 6.49. The first kappa shape index (κ1) is 17.8. The van der Waals surface area contributed by atoms with Crippen LogP contribution in [0.3, 0.4) is 0 Å². The highest BCUT2D eigenvalue weighted by Crippen LogP contribution is 2.14. The topological polar surface area (TPSA) is 128 Å². The summed E-state index contributed by atoms with van der Waals surface area (Å²) in [6, 6.07) is 4.93. The number of nitro groups is 1. The Morgan fingerprint density at radius 1 is 1.35 bits per heavy atom. The smallest absolute Gasteiger partial charge is 0.331 e. The van der Waals surface area contributed by atoms with Crippen molar-refractivity contribution in [2.24, 2.45) is 0 Å². The molecule has 0 heterocycles. The van der Waals surface area contributed by atoms with Gasteiger partial charge in [0.2, 0.25) is 0 Å². The summed E-state index contributed by atoms with van der Waals surface area (Å²) in [5.41, 5.74) is 0.317. The van der Waals surface area contributed by atoms with Gasteiger partial charge in [-0.2, -0.15) is 0 Å². The predicted molar refractivity (Wildman–Crippen MR) is 80.3 cm³/mol. The second-order valence-corrected chi connectivity index (χ2v) is 4.33. The Kier molecular flexibility index (Phi) is 6.41. The fraction of sp³-hybridized carbons (Fsp3) is 0.214. The van der Waals surface area contributed by atoms with Gasteiger partial charge in [0.25, 0.3) is 11.6 Å². The lowest BCUT2D eigenvalue weighted by atomic mass is 10.2. The number of carbonyl (C=O) groups excluding carboxylic acids is 3. The van der Waals surface area contributed by atoms with Crippen LogP contribution in [0.15, 0.2) is 30.3 Å². The number of hydrogen-bond acceptors (Lipinski definition) is 6. The van der Waals surface area contributed by atoms with E-state index >= 15 is 0 Å². The number of nitrogens with zero attached hydrogens (tertiary/aromatic N) is 1. The van der Waals surface area contributed by atoms with Crippen molar-refractivity contribution in [3.8, 4) is 0 Å². The first-order valence-corrected chi connectivity index (χ1v) is 6.49. The number of non-ortho nitro benzene ring substituents is 1. The molecular formula is C14H15N3O6. The predicted octanol–water partition coefficient (Wildman–Crippen LogP) is 0.995. The molecule has 0 fully saturated rings. The highest BCUT2D eigenvalue weighted by molar-refractivity contribution is 5.97. The van der Waals surface area contributed by atoms with Crippen molar-refractivity contribution in [1.29, 1.82) is 0 Å². The summed E-state index contributed by atoms with van der Waals surface area (Å²) in [6.07, 6.45) is 1.18. The van der Waals surface area contributed by atoms with Gasteiger partial charge in [-0.05, 0) is 18.6 Å². The molecule has 0 aliphatic rings. The van der Waals surface area contributed by atoms with Crippen LogP contribution in [0.2, 0.25) is 0 Å². The zero-order chi connectivity index (χ0) is 17.4. The summed E-state index contributed by atoms with van der Waals surface area (Å²) < 4.78 is 4.81. The second kappa shape index (κ2) is 8.27. The van der Waals surface area contributed by atoms with Gasteiger partial charge in [0.15, 0.2) is 6.10 Å². The van der Waals surface area contributed by atoms with Gasteiger partial charge in [0, 0.05) is 25.3 Å². The van der Waals surface area contributed by atoms with Crippen LogP contribution in [-0.4, -0.2) is 36.0 Å². The van der Waals surface area contributed by atoms with E-state index in [-0.39, 0.29) is 5.69 Å². The van der Waals surface area contributed by atoms with Crippen molar-refractivity contribution < 1.29 is 24.0 Å². The summed E-state index contributed by atoms with van der Waals surface area (Å²) in [5, 5.41) is 14.8. The minimum atomic E-state index is -1.17. The third-order valence-corrected chi connectivity index (χ3v) is 2.62. The maximum Gasteiger partial charge on any atom is 0.331 e. The van der Waals surface area contributed by atoms with E-state index < -0.39 is 28.9 Å². The number of nitrogens with one attached hydrogen (secondary N) is 2. The van der Waals surface area contributed by atoms with E-state index in [0.717, 1.165) is 6.08 Å². The van der Waals surface area contributed by atoms with Crippen molar-refractivity contribution in [2.75, 3.05) is 7.05 Å². The number of carbonyl (C=O) groups is 3. The molecule has 2 N–H and O–H groups in total. The molecule has 23 heavy (non-hydrogen) atoms. The molecule has 1 aromatic rings. The zero-order valence-electron chi connectivity index (χ0n) is 12.4. The first-order chi connectivity index (χ1) is 10.8. The van der Waals surface area contributed by atoms with E-state index in [9.17, 15) is 24.5 Å². The molecule has 0 saturated carbocycles. The molecule has 0 aliphatic carbocycles. The average Bonchev–Trinajstić information content (AvgIpc) is 2.52. The lowest BCUT2D eigenvalue weighted by molar-refractivity contribution is -0.384. The summed E-state index contributed by atoms with van der Waals surface area (Å²) in [5.74, 6) is -1.60. The molecule has 3 amide bonds. The zero-order valence-corrected chi connectivity index (χ0v) is 12.4. The third-order valence-electron chi connectivity index (χ3n) is 2.62. The van der Waals surface area contributed by atoms with Gasteiger partial charge >= 0.3 is 12.0 Å². The van der Waals surface area contributed by atoms with E-state index in [2.05, 4.69) is 5.32 Å². The van der Waals surface area contributed by atoms with Crippen molar-refractivity contribution in [1.82, 2.24) is 10.6 Å². The number of urea groups is 1. The number of nitro benzene ring substituents is 1. The SMILES string of the molecule is CNC(=O)NC(=O)[C@H](C)OC(=O)/C=C/c1cccc([N+](=O)[O-])c1. The van der Waals surface area contributed by atoms with Gasteiger partial charge in [-0.3, -0.25) is 20.2 Å². The molecule has 0 radical (unpaired) electrons. The molecule has 0 spiro atoms.